The fourth-order valence-corrected chi connectivity index (χ4v) is 3.64. The Hall–Kier alpha value is -3.68. The summed E-state index contributed by atoms with van der Waals surface area (Å²) in [6, 6.07) is 16.7. The first-order chi connectivity index (χ1) is 15.3. The predicted molar refractivity (Wildman–Crippen MR) is 121 cm³/mol. The summed E-state index contributed by atoms with van der Waals surface area (Å²) in [6.07, 6.45) is 0. The van der Waals surface area contributed by atoms with Gasteiger partial charge in [-0.2, -0.15) is 0 Å². The Morgan fingerprint density at radius 1 is 1.03 bits per heavy atom. The highest BCUT2D eigenvalue weighted by molar-refractivity contribution is 6.38. The molecule has 32 heavy (non-hydrogen) atoms. The van der Waals surface area contributed by atoms with Crippen molar-refractivity contribution in [2.75, 3.05) is 6.61 Å². The third-order valence-corrected chi connectivity index (χ3v) is 5.15. The van der Waals surface area contributed by atoms with Crippen molar-refractivity contribution in [3.8, 4) is 17.1 Å². The van der Waals surface area contributed by atoms with Gasteiger partial charge in [-0.25, -0.2) is 0 Å². The average molecular weight is 470 g/mol. The Balaban J connectivity index is 1.75. The van der Waals surface area contributed by atoms with Crippen LogP contribution in [0.3, 0.4) is 0 Å². The van der Waals surface area contributed by atoms with Crippen molar-refractivity contribution in [2.24, 2.45) is 0 Å². The maximum absolute atomic E-state index is 13.2. The lowest BCUT2D eigenvalue weighted by atomic mass is 10.1. The topological polar surface area (TPSA) is 99.7 Å². The van der Waals surface area contributed by atoms with E-state index in [1.54, 1.807) is 30.3 Å². The van der Waals surface area contributed by atoms with Gasteiger partial charge in [0, 0.05) is 28.3 Å². The molecular formula is C23H13Cl2NO6. The molecule has 0 radical (unpaired) electrons. The molecule has 0 N–H and O–H groups in total. The Morgan fingerprint density at radius 2 is 1.72 bits per heavy atom. The number of ether oxygens (including phenoxy) is 1. The van der Waals surface area contributed by atoms with E-state index in [0.717, 1.165) is 0 Å². The number of hydrogen-bond acceptors (Lipinski definition) is 6. The van der Waals surface area contributed by atoms with Crippen molar-refractivity contribution >= 4 is 45.6 Å². The van der Waals surface area contributed by atoms with Gasteiger partial charge in [0.1, 0.15) is 0 Å². The number of nitro groups is 1. The van der Waals surface area contributed by atoms with Crippen LogP contribution in [0.1, 0.15) is 10.4 Å². The van der Waals surface area contributed by atoms with Gasteiger partial charge in [-0.3, -0.25) is 19.7 Å². The molecule has 0 amide bonds. The van der Waals surface area contributed by atoms with Crippen LogP contribution < -0.4 is 10.2 Å². The monoisotopic (exact) mass is 469 g/mol. The molecule has 0 saturated heterocycles. The van der Waals surface area contributed by atoms with Gasteiger partial charge in [-0.15, -0.1) is 0 Å². The Morgan fingerprint density at radius 3 is 2.38 bits per heavy atom. The zero-order valence-electron chi connectivity index (χ0n) is 16.2. The summed E-state index contributed by atoms with van der Waals surface area (Å²) in [5, 5.41) is 11.3. The maximum Gasteiger partial charge on any atom is 0.269 e. The van der Waals surface area contributed by atoms with E-state index >= 15 is 0 Å². The van der Waals surface area contributed by atoms with Gasteiger partial charge in [0.05, 0.1) is 15.3 Å². The number of halogens is 2. The number of fused-ring (bicyclic) bond motifs is 1. The van der Waals surface area contributed by atoms with Gasteiger partial charge in [0.2, 0.25) is 11.2 Å². The number of nitro benzene ring substituents is 1. The number of hydrogen-bond donors (Lipinski definition) is 0. The number of Topliss-reactive ketones (excluding diaryl/α,β-unsaturated/α-hetero) is 1. The average Bonchev–Trinajstić information content (AvgIpc) is 2.79. The molecule has 0 bridgehead atoms. The normalized spacial score (nSPS) is 10.8. The standard InChI is InChI=1S/C23H13Cl2NO6/c24-15-10-17-20(28)23(31-12-19(27)13-6-8-16(9-7-13)26(29)30)21(14-4-2-1-3-5-14)32-22(17)18(25)11-15/h1-11H,12H2. The van der Waals surface area contributed by atoms with Gasteiger partial charge in [0.15, 0.2) is 23.7 Å². The summed E-state index contributed by atoms with van der Waals surface area (Å²) in [5.74, 6) is -0.524. The fourth-order valence-electron chi connectivity index (χ4n) is 3.11. The highest BCUT2D eigenvalue weighted by Gasteiger charge is 2.21. The SMILES string of the molecule is O=C(COc1c(-c2ccccc2)oc2c(Cl)cc(Cl)cc2c1=O)c1ccc([N+](=O)[O-])cc1. The molecule has 0 aliphatic carbocycles. The van der Waals surface area contributed by atoms with Crippen LogP contribution in [-0.2, 0) is 0 Å². The molecule has 7 nitrogen and oxygen atoms in total. The Labute approximate surface area is 190 Å². The quantitative estimate of drug-likeness (QED) is 0.197. The van der Waals surface area contributed by atoms with Gasteiger partial charge >= 0.3 is 0 Å². The minimum Gasteiger partial charge on any atom is -0.478 e. The van der Waals surface area contributed by atoms with Crippen LogP contribution in [0.4, 0.5) is 5.69 Å². The molecule has 0 spiro atoms. The molecule has 160 valence electrons. The van der Waals surface area contributed by atoms with Crippen molar-refractivity contribution in [2.45, 2.75) is 0 Å². The van der Waals surface area contributed by atoms with Crippen LogP contribution in [0.15, 0.2) is 75.9 Å². The molecule has 0 aliphatic heterocycles. The lowest BCUT2D eigenvalue weighted by Crippen LogP contribution is -2.17. The minimum absolute atomic E-state index is 0.111. The zero-order valence-corrected chi connectivity index (χ0v) is 17.7. The highest BCUT2D eigenvalue weighted by atomic mass is 35.5. The summed E-state index contributed by atoms with van der Waals surface area (Å²) in [7, 11) is 0. The van der Waals surface area contributed by atoms with Crippen LogP contribution in [0.25, 0.3) is 22.3 Å². The van der Waals surface area contributed by atoms with Gasteiger partial charge in [-0.05, 0) is 24.3 Å². The zero-order chi connectivity index (χ0) is 22.8. The van der Waals surface area contributed by atoms with E-state index in [1.807, 2.05) is 0 Å². The van der Waals surface area contributed by atoms with Gasteiger partial charge < -0.3 is 9.15 Å². The van der Waals surface area contributed by atoms with E-state index in [9.17, 15) is 19.7 Å². The molecule has 4 aromatic rings. The van der Waals surface area contributed by atoms with Crippen molar-refractivity contribution < 1.29 is 18.9 Å². The second-order valence-corrected chi connectivity index (χ2v) is 7.58. The van der Waals surface area contributed by atoms with E-state index in [0.29, 0.717) is 5.56 Å². The van der Waals surface area contributed by atoms with E-state index in [2.05, 4.69) is 0 Å². The van der Waals surface area contributed by atoms with Crippen molar-refractivity contribution in [1.29, 1.82) is 0 Å². The maximum atomic E-state index is 13.2. The van der Waals surface area contributed by atoms with Gasteiger partial charge in [-0.1, -0.05) is 53.5 Å². The fraction of sp³-hybridized carbons (Fsp3) is 0.0435. The number of rotatable bonds is 6. The largest absolute Gasteiger partial charge is 0.478 e. The number of carbonyl (C=O) groups excluding carboxylic acids is 1. The number of non-ortho nitro benzene ring substituents is 1. The summed E-state index contributed by atoms with van der Waals surface area (Å²) in [6.45, 7) is -0.484. The van der Waals surface area contributed by atoms with Crippen molar-refractivity contribution in [3.05, 3.63) is 103 Å². The second-order valence-electron chi connectivity index (χ2n) is 6.74. The van der Waals surface area contributed by atoms with Crippen molar-refractivity contribution in [3.63, 3.8) is 0 Å². The summed E-state index contributed by atoms with van der Waals surface area (Å²) < 4.78 is 11.6. The van der Waals surface area contributed by atoms with E-state index in [-0.39, 0.29) is 43.8 Å². The third-order valence-electron chi connectivity index (χ3n) is 4.65. The molecule has 0 aliphatic rings. The van der Waals surface area contributed by atoms with Crippen LogP contribution >= 0.6 is 23.2 Å². The van der Waals surface area contributed by atoms with E-state index in [4.69, 9.17) is 32.4 Å². The van der Waals surface area contributed by atoms with E-state index in [1.165, 1.54) is 36.4 Å². The van der Waals surface area contributed by atoms with Crippen LogP contribution in [0.5, 0.6) is 5.75 Å². The third kappa shape index (κ3) is 4.21. The molecule has 0 atom stereocenters. The molecule has 0 fully saturated rings. The van der Waals surface area contributed by atoms with Crippen molar-refractivity contribution in [1.82, 2.24) is 0 Å². The summed E-state index contributed by atoms with van der Waals surface area (Å²) >= 11 is 12.3. The number of benzene rings is 3. The number of ketones is 1. The number of nitrogens with zero attached hydrogens (tertiary/aromatic N) is 1. The smallest absolute Gasteiger partial charge is 0.269 e. The first kappa shape index (κ1) is 21.5. The molecule has 9 heteroatoms. The molecule has 4 rings (SSSR count). The molecule has 1 aromatic heterocycles. The van der Waals surface area contributed by atoms with Crippen LogP contribution in [0.2, 0.25) is 10.0 Å². The lowest BCUT2D eigenvalue weighted by Gasteiger charge is -2.12. The Kier molecular flexibility index (Phi) is 5.94. The second kappa shape index (κ2) is 8.82. The summed E-state index contributed by atoms with van der Waals surface area (Å²) in [5.41, 5.74) is 0.223. The molecule has 0 saturated carbocycles. The lowest BCUT2D eigenvalue weighted by molar-refractivity contribution is -0.384. The number of carbonyl (C=O) groups is 1. The highest BCUT2D eigenvalue weighted by Crippen LogP contribution is 2.35. The molecule has 3 aromatic carbocycles. The van der Waals surface area contributed by atoms with Crippen LogP contribution in [0, 0.1) is 10.1 Å². The summed E-state index contributed by atoms with van der Waals surface area (Å²) in [4.78, 5) is 36.0. The van der Waals surface area contributed by atoms with E-state index < -0.39 is 22.7 Å². The minimum atomic E-state index is -0.562. The van der Waals surface area contributed by atoms with Crippen LogP contribution in [-0.4, -0.2) is 17.3 Å². The predicted octanol–water partition coefficient (Wildman–Crippen LogP) is 5.94. The Bertz CT molecular complexity index is 1400. The molecule has 1 heterocycles. The first-order valence-electron chi connectivity index (χ1n) is 9.27. The van der Waals surface area contributed by atoms with Gasteiger partial charge in [0.25, 0.3) is 5.69 Å². The molecular weight excluding hydrogens is 457 g/mol. The molecule has 0 unspecified atom stereocenters. The first-order valence-corrected chi connectivity index (χ1v) is 10.0.